The van der Waals surface area contributed by atoms with Crippen molar-refractivity contribution in [2.45, 2.75) is 65.0 Å². The second-order valence-corrected chi connectivity index (χ2v) is 5.27. The van der Waals surface area contributed by atoms with Gasteiger partial charge in [-0.15, -0.1) is 11.3 Å². The number of hydrogen-bond donors (Lipinski definition) is 1. The van der Waals surface area contributed by atoms with E-state index >= 15 is 0 Å². The summed E-state index contributed by atoms with van der Waals surface area (Å²) in [6.07, 6.45) is 6.67. The third-order valence-electron chi connectivity index (χ3n) is 2.92. The van der Waals surface area contributed by atoms with Crippen molar-refractivity contribution in [2.75, 3.05) is 0 Å². The molecule has 1 aromatic heterocycles. The maximum absolute atomic E-state index is 4.33. The monoisotopic (exact) mass is 240 g/mol. The molecule has 3 heteroatoms. The standard InChI is InChI=1S/C13H24N2S/c1-4-5-6-7-8-11(2)15-12(3)13-9-16-10-14-13/h9-12,15H,4-8H2,1-3H3. The third-order valence-corrected chi connectivity index (χ3v) is 3.52. The van der Waals surface area contributed by atoms with Gasteiger partial charge in [-0.1, -0.05) is 32.6 Å². The van der Waals surface area contributed by atoms with E-state index in [1.807, 2.05) is 5.51 Å². The first-order valence-electron chi connectivity index (χ1n) is 6.38. The third kappa shape index (κ3) is 5.08. The number of aromatic nitrogens is 1. The molecule has 0 bridgehead atoms. The van der Waals surface area contributed by atoms with Gasteiger partial charge >= 0.3 is 0 Å². The smallest absolute Gasteiger partial charge is 0.0795 e. The van der Waals surface area contributed by atoms with Crippen molar-refractivity contribution in [3.63, 3.8) is 0 Å². The second kappa shape index (κ2) is 7.80. The lowest BCUT2D eigenvalue weighted by molar-refractivity contribution is 0.434. The van der Waals surface area contributed by atoms with Gasteiger partial charge in [0.1, 0.15) is 0 Å². The van der Waals surface area contributed by atoms with Gasteiger partial charge < -0.3 is 5.32 Å². The summed E-state index contributed by atoms with van der Waals surface area (Å²) >= 11 is 1.67. The Morgan fingerprint density at radius 2 is 2.12 bits per heavy atom. The molecule has 1 heterocycles. The molecule has 2 nitrogen and oxygen atoms in total. The highest BCUT2D eigenvalue weighted by atomic mass is 32.1. The van der Waals surface area contributed by atoms with Crippen LogP contribution in [0.4, 0.5) is 0 Å². The lowest BCUT2D eigenvalue weighted by Gasteiger charge is -2.18. The van der Waals surface area contributed by atoms with Crippen molar-refractivity contribution in [2.24, 2.45) is 0 Å². The van der Waals surface area contributed by atoms with Crippen LogP contribution in [0.3, 0.4) is 0 Å². The van der Waals surface area contributed by atoms with Gasteiger partial charge in [0, 0.05) is 17.5 Å². The fourth-order valence-electron chi connectivity index (χ4n) is 1.91. The van der Waals surface area contributed by atoms with Crippen LogP contribution in [0.5, 0.6) is 0 Å². The van der Waals surface area contributed by atoms with Crippen LogP contribution in [0, 0.1) is 0 Å². The van der Waals surface area contributed by atoms with Gasteiger partial charge in [-0.3, -0.25) is 0 Å². The number of unbranched alkanes of at least 4 members (excludes halogenated alkanes) is 3. The molecular weight excluding hydrogens is 216 g/mol. The first-order chi connectivity index (χ1) is 7.74. The zero-order valence-corrected chi connectivity index (χ0v) is 11.5. The van der Waals surface area contributed by atoms with Gasteiger partial charge in [-0.25, -0.2) is 4.98 Å². The molecule has 0 spiro atoms. The normalized spacial score (nSPS) is 14.9. The first kappa shape index (κ1) is 13.7. The van der Waals surface area contributed by atoms with Gasteiger partial charge in [0.25, 0.3) is 0 Å². The Hall–Kier alpha value is -0.410. The van der Waals surface area contributed by atoms with E-state index in [1.165, 1.54) is 37.8 Å². The molecule has 1 rings (SSSR count). The molecule has 2 unspecified atom stereocenters. The van der Waals surface area contributed by atoms with Crippen molar-refractivity contribution < 1.29 is 0 Å². The summed E-state index contributed by atoms with van der Waals surface area (Å²) in [5.74, 6) is 0. The van der Waals surface area contributed by atoms with Crippen molar-refractivity contribution in [3.8, 4) is 0 Å². The van der Waals surface area contributed by atoms with E-state index in [-0.39, 0.29) is 0 Å². The highest BCUT2D eigenvalue weighted by Gasteiger charge is 2.10. The lowest BCUT2D eigenvalue weighted by Crippen LogP contribution is -2.29. The Morgan fingerprint density at radius 1 is 1.31 bits per heavy atom. The van der Waals surface area contributed by atoms with Gasteiger partial charge in [0.05, 0.1) is 11.2 Å². The predicted molar refractivity (Wildman–Crippen MR) is 71.9 cm³/mol. The summed E-state index contributed by atoms with van der Waals surface area (Å²) < 4.78 is 0. The fourth-order valence-corrected chi connectivity index (χ4v) is 2.56. The van der Waals surface area contributed by atoms with Gasteiger partial charge in [-0.2, -0.15) is 0 Å². The SMILES string of the molecule is CCCCCCC(C)NC(C)c1cscn1. The molecule has 0 aromatic carbocycles. The highest BCUT2D eigenvalue weighted by Crippen LogP contribution is 2.14. The largest absolute Gasteiger partial charge is 0.306 e. The van der Waals surface area contributed by atoms with Crippen LogP contribution in [0.15, 0.2) is 10.9 Å². The van der Waals surface area contributed by atoms with Crippen molar-refractivity contribution >= 4 is 11.3 Å². The van der Waals surface area contributed by atoms with E-state index in [9.17, 15) is 0 Å². The van der Waals surface area contributed by atoms with E-state index in [0.29, 0.717) is 12.1 Å². The number of thiazole rings is 1. The molecular formula is C13H24N2S. The molecule has 0 aliphatic heterocycles. The van der Waals surface area contributed by atoms with Gasteiger partial charge in [0.2, 0.25) is 0 Å². The highest BCUT2D eigenvalue weighted by molar-refractivity contribution is 7.07. The number of nitrogens with zero attached hydrogens (tertiary/aromatic N) is 1. The number of hydrogen-bond acceptors (Lipinski definition) is 3. The van der Waals surface area contributed by atoms with Gasteiger partial charge in [0.15, 0.2) is 0 Å². The van der Waals surface area contributed by atoms with Crippen LogP contribution in [-0.2, 0) is 0 Å². The van der Waals surface area contributed by atoms with E-state index in [1.54, 1.807) is 11.3 Å². The van der Waals surface area contributed by atoms with Crippen LogP contribution >= 0.6 is 11.3 Å². The molecule has 0 saturated heterocycles. The summed E-state index contributed by atoms with van der Waals surface area (Å²) in [7, 11) is 0. The predicted octanol–water partition coefficient (Wildman–Crippen LogP) is 4.15. The molecule has 1 aromatic rings. The molecule has 2 atom stereocenters. The Labute approximate surface area is 103 Å². The van der Waals surface area contributed by atoms with Crippen molar-refractivity contribution in [1.29, 1.82) is 0 Å². The minimum atomic E-state index is 0.382. The lowest BCUT2D eigenvalue weighted by atomic mass is 10.1. The minimum absolute atomic E-state index is 0.382. The summed E-state index contributed by atoms with van der Waals surface area (Å²) in [6.45, 7) is 6.72. The number of rotatable bonds is 8. The summed E-state index contributed by atoms with van der Waals surface area (Å²) in [5, 5.41) is 5.73. The molecule has 0 aliphatic carbocycles. The Morgan fingerprint density at radius 3 is 2.75 bits per heavy atom. The summed E-state index contributed by atoms with van der Waals surface area (Å²) in [6, 6.07) is 0.973. The van der Waals surface area contributed by atoms with E-state index in [0.717, 1.165) is 0 Å². The quantitative estimate of drug-likeness (QED) is 0.690. The van der Waals surface area contributed by atoms with Gasteiger partial charge in [-0.05, 0) is 20.3 Å². The Balaban J connectivity index is 2.16. The Kier molecular flexibility index (Phi) is 6.65. The molecule has 1 N–H and O–H groups in total. The van der Waals surface area contributed by atoms with Crippen molar-refractivity contribution in [1.82, 2.24) is 10.3 Å². The summed E-state index contributed by atoms with van der Waals surface area (Å²) in [5.41, 5.74) is 3.07. The summed E-state index contributed by atoms with van der Waals surface area (Å²) in [4.78, 5) is 4.33. The molecule has 92 valence electrons. The van der Waals surface area contributed by atoms with E-state index in [2.05, 4.69) is 36.5 Å². The maximum atomic E-state index is 4.33. The maximum Gasteiger partial charge on any atom is 0.0795 e. The number of nitrogens with one attached hydrogen (secondary N) is 1. The van der Waals surface area contributed by atoms with Crippen LogP contribution in [0.2, 0.25) is 0 Å². The minimum Gasteiger partial charge on any atom is -0.306 e. The van der Waals surface area contributed by atoms with Crippen molar-refractivity contribution in [3.05, 3.63) is 16.6 Å². The van der Waals surface area contributed by atoms with Crippen LogP contribution in [0.25, 0.3) is 0 Å². The molecule has 0 aliphatic rings. The molecule has 0 amide bonds. The first-order valence-corrected chi connectivity index (χ1v) is 7.32. The molecule has 16 heavy (non-hydrogen) atoms. The van der Waals surface area contributed by atoms with Crippen LogP contribution in [0.1, 0.15) is 64.6 Å². The van der Waals surface area contributed by atoms with E-state index < -0.39 is 0 Å². The van der Waals surface area contributed by atoms with Crippen LogP contribution < -0.4 is 5.32 Å². The average Bonchev–Trinajstić information content (AvgIpc) is 2.77. The zero-order valence-electron chi connectivity index (χ0n) is 10.7. The molecule has 0 saturated carbocycles. The zero-order chi connectivity index (χ0) is 11.8. The van der Waals surface area contributed by atoms with Crippen LogP contribution in [-0.4, -0.2) is 11.0 Å². The second-order valence-electron chi connectivity index (χ2n) is 4.55. The fraction of sp³-hybridized carbons (Fsp3) is 0.769. The molecule has 0 fully saturated rings. The van der Waals surface area contributed by atoms with E-state index in [4.69, 9.17) is 0 Å². The Bertz CT molecular complexity index is 259. The topological polar surface area (TPSA) is 24.9 Å². The molecule has 0 radical (unpaired) electrons. The average molecular weight is 240 g/mol.